The minimum absolute atomic E-state index is 0. The summed E-state index contributed by atoms with van der Waals surface area (Å²) in [6, 6.07) is 15.0. The predicted octanol–water partition coefficient (Wildman–Crippen LogP) is 4.37. The van der Waals surface area contributed by atoms with Gasteiger partial charge in [0.1, 0.15) is 12.1 Å². The van der Waals surface area contributed by atoms with Crippen LogP contribution in [0.4, 0.5) is 5.82 Å². The fourth-order valence-corrected chi connectivity index (χ4v) is 3.18. The van der Waals surface area contributed by atoms with Crippen molar-refractivity contribution in [3.05, 3.63) is 60.0 Å². The van der Waals surface area contributed by atoms with Gasteiger partial charge in [0.05, 0.1) is 11.1 Å². The average molecular weight is 333 g/mol. The molecule has 0 amide bonds. The molecule has 0 fully saturated rings. The average Bonchev–Trinajstić information content (AvgIpc) is 2.95. The van der Waals surface area contributed by atoms with E-state index in [9.17, 15) is 0 Å². The lowest BCUT2D eigenvalue weighted by Gasteiger charge is -2.06. The number of rotatable bonds is 3. The van der Waals surface area contributed by atoms with Crippen molar-refractivity contribution in [1.82, 2.24) is 19.7 Å². The molecule has 128 valence electrons. The zero-order valence-corrected chi connectivity index (χ0v) is 13.8. The molecule has 0 spiro atoms. The zero-order chi connectivity index (χ0) is 16.7. The Bertz CT molecular complexity index is 1030. The van der Waals surface area contributed by atoms with Crippen LogP contribution in [0.2, 0.25) is 0 Å². The maximum absolute atomic E-state index is 6.13. The first-order valence-electron chi connectivity index (χ1n) is 8.09. The molecule has 2 aromatic heterocycles. The van der Waals surface area contributed by atoms with Crippen molar-refractivity contribution in [2.24, 2.45) is 0 Å². The molecule has 5 heteroatoms. The van der Waals surface area contributed by atoms with Crippen LogP contribution in [0.3, 0.4) is 0 Å². The highest BCUT2D eigenvalue weighted by Crippen LogP contribution is 2.28. The Morgan fingerprint density at radius 1 is 1.04 bits per heavy atom. The molecule has 5 nitrogen and oxygen atoms in total. The number of fused-ring (bicyclic) bond motifs is 2. The molecule has 0 radical (unpaired) electrons. The number of hydrogen-bond acceptors (Lipinski definition) is 4. The molecule has 0 bridgehead atoms. The van der Waals surface area contributed by atoms with Crippen molar-refractivity contribution in [3.63, 3.8) is 0 Å². The quantitative estimate of drug-likeness (QED) is 0.604. The Morgan fingerprint density at radius 3 is 2.60 bits per heavy atom. The molecule has 25 heavy (non-hydrogen) atoms. The van der Waals surface area contributed by atoms with Crippen LogP contribution < -0.4 is 5.73 Å². The van der Waals surface area contributed by atoms with Crippen LogP contribution in [-0.4, -0.2) is 19.7 Å². The summed E-state index contributed by atoms with van der Waals surface area (Å²) in [6.45, 7) is 4.18. The first-order chi connectivity index (χ1) is 11.6. The molecular formula is C20H23N5. The number of anilines is 1. The number of benzene rings is 2. The van der Waals surface area contributed by atoms with Crippen molar-refractivity contribution in [2.45, 2.75) is 33.7 Å². The Labute approximate surface area is 147 Å². The minimum Gasteiger partial charge on any atom is -0.383 e. The topological polar surface area (TPSA) is 69.6 Å². The molecule has 0 aliphatic rings. The second kappa shape index (κ2) is 6.51. The Hall–Kier alpha value is -2.95. The van der Waals surface area contributed by atoms with Gasteiger partial charge in [-0.05, 0) is 30.2 Å². The summed E-state index contributed by atoms with van der Waals surface area (Å²) in [4.78, 5) is 8.56. The van der Waals surface area contributed by atoms with E-state index in [1.807, 2.05) is 4.68 Å². The minimum atomic E-state index is 0. The molecule has 2 N–H and O–H groups in total. The third kappa shape index (κ3) is 2.82. The van der Waals surface area contributed by atoms with Gasteiger partial charge in [0, 0.05) is 12.5 Å². The normalized spacial score (nSPS) is 11.2. The molecule has 0 saturated heterocycles. The number of nitrogens with zero attached hydrogens (tertiary/aromatic N) is 4. The fourth-order valence-electron chi connectivity index (χ4n) is 3.18. The monoisotopic (exact) mass is 333 g/mol. The lowest BCUT2D eigenvalue weighted by Crippen LogP contribution is -2.04. The van der Waals surface area contributed by atoms with Crippen molar-refractivity contribution in [3.8, 4) is 0 Å². The smallest absolute Gasteiger partial charge is 0.163 e. The summed E-state index contributed by atoms with van der Waals surface area (Å²) in [6.07, 6.45) is 2.20. The van der Waals surface area contributed by atoms with E-state index in [0.717, 1.165) is 16.7 Å². The van der Waals surface area contributed by atoms with Crippen molar-refractivity contribution < 1.29 is 0 Å². The first-order valence-corrected chi connectivity index (χ1v) is 8.09. The number of nitrogens with two attached hydrogens (primary N) is 1. The lowest BCUT2D eigenvalue weighted by molar-refractivity contribution is 0.541. The van der Waals surface area contributed by atoms with Gasteiger partial charge in [-0.25, -0.2) is 14.6 Å². The highest BCUT2D eigenvalue weighted by Gasteiger charge is 2.17. The van der Waals surface area contributed by atoms with Gasteiger partial charge in [-0.1, -0.05) is 49.9 Å². The van der Waals surface area contributed by atoms with E-state index in [1.165, 1.54) is 22.7 Å². The van der Waals surface area contributed by atoms with Crippen molar-refractivity contribution in [1.29, 1.82) is 0 Å². The van der Waals surface area contributed by atoms with Crippen LogP contribution in [0.5, 0.6) is 0 Å². The summed E-state index contributed by atoms with van der Waals surface area (Å²) in [5.74, 6) is 0.488. The SMILES string of the molecule is C.CC(C)n1nc(Cc2cccc3ccccc23)c2c(N)ncnc21. The molecule has 4 aromatic rings. The number of aromatic nitrogens is 4. The van der Waals surface area contributed by atoms with Crippen LogP contribution in [0.15, 0.2) is 48.8 Å². The van der Waals surface area contributed by atoms with Gasteiger partial charge >= 0.3 is 0 Å². The summed E-state index contributed by atoms with van der Waals surface area (Å²) < 4.78 is 1.92. The molecule has 2 aromatic carbocycles. The Kier molecular flexibility index (Phi) is 4.40. The largest absolute Gasteiger partial charge is 0.383 e. The van der Waals surface area contributed by atoms with E-state index < -0.39 is 0 Å². The first kappa shape index (κ1) is 16.9. The van der Waals surface area contributed by atoms with Crippen LogP contribution in [0.25, 0.3) is 21.8 Å². The van der Waals surface area contributed by atoms with Crippen LogP contribution in [0, 0.1) is 0 Å². The van der Waals surface area contributed by atoms with E-state index in [-0.39, 0.29) is 13.5 Å². The summed E-state index contributed by atoms with van der Waals surface area (Å²) in [7, 11) is 0. The number of nitrogen functional groups attached to an aromatic ring is 1. The van der Waals surface area contributed by atoms with Gasteiger partial charge in [0.25, 0.3) is 0 Å². The Balaban J connectivity index is 0.00000182. The number of hydrogen-bond donors (Lipinski definition) is 1. The van der Waals surface area contributed by atoms with Gasteiger partial charge in [0.15, 0.2) is 5.65 Å². The third-order valence-electron chi connectivity index (χ3n) is 4.32. The maximum atomic E-state index is 6.13. The third-order valence-corrected chi connectivity index (χ3v) is 4.32. The standard InChI is InChI=1S/C19H19N5.CH4/c1-12(2)24-19-17(18(20)21-11-22-19)16(23-24)10-14-8-5-7-13-6-3-4-9-15(13)14;/h3-9,11-12H,10H2,1-2H3,(H2,20,21,22);1H4. The Morgan fingerprint density at radius 2 is 1.80 bits per heavy atom. The lowest BCUT2D eigenvalue weighted by atomic mass is 10.0. The van der Waals surface area contributed by atoms with Crippen LogP contribution in [-0.2, 0) is 6.42 Å². The van der Waals surface area contributed by atoms with E-state index >= 15 is 0 Å². The zero-order valence-electron chi connectivity index (χ0n) is 13.8. The second-order valence-electron chi connectivity index (χ2n) is 6.26. The fraction of sp³-hybridized carbons (Fsp3) is 0.250. The highest BCUT2D eigenvalue weighted by atomic mass is 15.3. The molecule has 0 aliphatic carbocycles. The van der Waals surface area contributed by atoms with E-state index in [2.05, 4.69) is 66.3 Å². The van der Waals surface area contributed by atoms with Gasteiger partial charge in [0.2, 0.25) is 0 Å². The predicted molar refractivity (Wildman–Crippen MR) is 104 cm³/mol. The van der Waals surface area contributed by atoms with Crippen molar-refractivity contribution >= 4 is 27.6 Å². The molecule has 0 unspecified atom stereocenters. The van der Waals surface area contributed by atoms with Gasteiger partial charge in [-0.3, -0.25) is 0 Å². The summed E-state index contributed by atoms with van der Waals surface area (Å²) >= 11 is 0. The van der Waals surface area contributed by atoms with Crippen LogP contribution >= 0.6 is 0 Å². The second-order valence-corrected chi connectivity index (χ2v) is 6.26. The molecule has 2 heterocycles. The summed E-state index contributed by atoms with van der Waals surface area (Å²) in [5, 5.41) is 8.11. The van der Waals surface area contributed by atoms with E-state index in [1.54, 1.807) is 0 Å². The molecule has 0 atom stereocenters. The van der Waals surface area contributed by atoms with E-state index in [4.69, 9.17) is 10.8 Å². The van der Waals surface area contributed by atoms with E-state index in [0.29, 0.717) is 12.2 Å². The molecule has 0 aliphatic heterocycles. The van der Waals surface area contributed by atoms with Crippen LogP contribution in [0.1, 0.15) is 38.6 Å². The summed E-state index contributed by atoms with van der Waals surface area (Å²) in [5.41, 5.74) is 9.08. The van der Waals surface area contributed by atoms with Gasteiger partial charge in [-0.15, -0.1) is 0 Å². The molecular weight excluding hydrogens is 310 g/mol. The molecule has 4 rings (SSSR count). The van der Waals surface area contributed by atoms with Gasteiger partial charge < -0.3 is 5.73 Å². The maximum Gasteiger partial charge on any atom is 0.163 e. The van der Waals surface area contributed by atoms with Crippen molar-refractivity contribution in [2.75, 3.05) is 5.73 Å². The van der Waals surface area contributed by atoms with Gasteiger partial charge in [-0.2, -0.15) is 5.10 Å². The highest BCUT2D eigenvalue weighted by molar-refractivity contribution is 5.90. The molecule has 0 saturated carbocycles.